The Morgan fingerprint density at radius 1 is 1.31 bits per heavy atom. The number of likely N-dealkylation sites (N-methyl/N-ethyl adjacent to an activating group) is 1. The first-order valence-electron chi connectivity index (χ1n) is 8.00. The molecule has 0 saturated heterocycles. The van der Waals surface area contributed by atoms with Gasteiger partial charge in [-0.2, -0.15) is 0 Å². The summed E-state index contributed by atoms with van der Waals surface area (Å²) in [4.78, 5) is 16.6. The van der Waals surface area contributed by atoms with E-state index in [4.69, 9.17) is 9.47 Å². The molecular weight excluding hydrogens is 397 g/mol. The van der Waals surface area contributed by atoms with Crippen LogP contribution in [0.4, 0.5) is 0 Å². The largest absolute Gasteiger partial charge is 0.454 e. The SMILES string of the molecule is CCN[C@H](C)CNC(=O)Cc1csc(-c2ccc3c(c2)OCO3)n1.Cl.Cl. The van der Waals surface area contributed by atoms with Gasteiger partial charge in [-0.25, -0.2) is 4.98 Å². The molecule has 1 aromatic carbocycles. The topological polar surface area (TPSA) is 72.5 Å². The van der Waals surface area contributed by atoms with Crippen molar-refractivity contribution in [3.63, 3.8) is 0 Å². The molecule has 26 heavy (non-hydrogen) atoms. The van der Waals surface area contributed by atoms with Gasteiger partial charge in [0.15, 0.2) is 11.5 Å². The maximum absolute atomic E-state index is 12.0. The van der Waals surface area contributed by atoms with Gasteiger partial charge in [-0.1, -0.05) is 6.92 Å². The lowest BCUT2D eigenvalue weighted by molar-refractivity contribution is -0.120. The lowest BCUT2D eigenvalue weighted by Gasteiger charge is -2.12. The maximum atomic E-state index is 12.0. The molecule has 6 nitrogen and oxygen atoms in total. The zero-order valence-corrected chi connectivity index (χ0v) is 17.1. The molecular formula is C17H23Cl2N3O3S. The van der Waals surface area contributed by atoms with E-state index in [1.165, 1.54) is 11.3 Å². The Morgan fingerprint density at radius 3 is 2.85 bits per heavy atom. The summed E-state index contributed by atoms with van der Waals surface area (Å²) in [5.74, 6) is 1.48. The van der Waals surface area contributed by atoms with Crippen molar-refractivity contribution in [2.75, 3.05) is 19.9 Å². The van der Waals surface area contributed by atoms with Gasteiger partial charge in [0, 0.05) is 23.5 Å². The van der Waals surface area contributed by atoms with Crippen LogP contribution in [0.5, 0.6) is 11.5 Å². The molecule has 0 fully saturated rings. The predicted octanol–water partition coefficient (Wildman–Crippen LogP) is 3.04. The first kappa shape index (κ1) is 22.5. The molecule has 2 aromatic rings. The summed E-state index contributed by atoms with van der Waals surface area (Å²) in [7, 11) is 0. The van der Waals surface area contributed by atoms with Gasteiger partial charge < -0.3 is 20.1 Å². The van der Waals surface area contributed by atoms with Crippen molar-refractivity contribution in [2.45, 2.75) is 26.3 Å². The molecule has 0 aliphatic carbocycles. The van der Waals surface area contributed by atoms with E-state index < -0.39 is 0 Å². The van der Waals surface area contributed by atoms with Crippen LogP contribution in [0, 0.1) is 0 Å². The standard InChI is InChI=1S/C17H21N3O3S.2ClH/c1-3-18-11(2)8-19-16(21)7-13-9-24-17(20-13)12-4-5-14-15(6-12)23-10-22-14;;/h4-6,9,11,18H,3,7-8,10H2,1-2H3,(H,19,21);2*1H/t11-;;/m1../s1. The summed E-state index contributed by atoms with van der Waals surface area (Å²) in [5, 5.41) is 8.98. The van der Waals surface area contributed by atoms with Crippen molar-refractivity contribution < 1.29 is 14.3 Å². The molecule has 1 atom stereocenters. The molecule has 1 aliphatic heterocycles. The zero-order valence-electron chi connectivity index (χ0n) is 14.6. The molecule has 0 radical (unpaired) electrons. The summed E-state index contributed by atoms with van der Waals surface area (Å²) in [6, 6.07) is 6.02. The number of hydrogen-bond donors (Lipinski definition) is 2. The fourth-order valence-electron chi connectivity index (χ4n) is 2.46. The van der Waals surface area contributed by atoms with Gasteiger partial charge in [-0.15, -0.1) is 36.2 Å². The van der Waals surface area contributed by atoms with Gasteiger partial charge >= 0.3 is 0 Å². The van der Waals surface area contributed by atoms with Crippen molar-refractivity contribution in [1.82, 2.24) is 15.6 Å². The van der Waals surface area contributed by atoms with Gasteiger partial charge in [-0.05, 0) is 31.7 Å². The number of rotatable bonds is 7. The number of amides is 1. The van der Waals surface area contributed by atoms with E-state index in [2.05, 4.69) is 15.6 Å². The third-order valence-electron chi connectivity index (χ3n) is 3.67. The van der Waals surface area contributed by atoms with Crippen LogP contribution in [0.2, 0.25) is 0 Å². The van der Waals surface area contributed by atoms with E-state index >= 15 is 0 Å². The molecule has 2 heterocycles. The predicted molar refractivity (Wildman–Crippen MR) is 108 cm³/mol. The second-order valence-corrected chi connectivity index (χ2v) is 6.51. The Morgan fingerprint density at radius 2 is 2.08 bits per heavy atom. The third kappa shape index (κ3) is 5.74. The summed E-state index contributed by atoms with van der Waals surface area (Å²) < 4.78 is 10.7. The normalized spacial score (nSPS) is 12.7. The van der Waals surface area contributed by atoms with E-state index in [1.54, 1.807) is 0 Å². The molecule has 1 amide bonds. The number of benzene rings is 1. The second-order valence-electron chi connectivity index (χ2n) is 5.65. The highest BCUT2D eigenvalue weighted by Gasteiger charge is 2.16. The maximum Gasteiger partial charge on any atom is 0.231 e. The monoisotopic (exact) mass is 419 g/mol. The van der Waals surface area contributed by atoms with Crippen LogP contribution in [0.25, 0.3) is 10.6 Å². The molecule has 144 valence electrons. The smallest absolute Gasteiger partial charge is 0.231 e. The van der Waals surface area contributed by atoms with E-state index in [1.807, 2.05) is 37.4 Å². The Kier molecular flexibility index (Phi) is 9.15. The number of nitrogens with one attached hydrogen (secondary N) is 2. The van der Waals surface area contributed by atoms with Crippen LogP contribution in [0.15, 0.2) is 23.6 Å². The van der Waals surface area contributed by atoms with E-state index in [-0.39, 0.29) is 43.6 Å². The van der Waals surface area contributed by atoms with Crippen molar-refractivity contribution in [1.29, 1.82) is 0 Å². The summed E-state index contributed by atoms with van der Waals surface area (Å²) >= 11 is 1.52. The van der Waals surface area contributed by atoms with E-state index in [0.29, 0.717) is 13.0 Å². The second kappa shape index (κ2) is 10.6. The summed E-state index contributed by atoms with van der Waals surface area (Å²) in [6.45, 7) is 5.86. The van der Waals surface area contributed by atoms with E-state index in [9.17, 15) is 4.79 Å². The average molecular weight is 420 g/mol. The van der Waals surface area contributed by atoms with Gasteiger partial charge in [-0.3, -0.25) is 4.79 Å². The quantitative estimate of drug-likeness (QED) is 0.721. The Balaban J connectivity index is 0.00000169. The molecule has 0 saturated carbocycles. The molecule has 1 aliphatic rings. The highest BCUT2D eigenvalue weighted by molar-refractivity contribution is 7.13. The Hall–Kier alpha value is -1.54. The van der Waals surface area contributed by atoms with Crippen LogP contribution >= 0.6 is 36.2 Å². The first-order valence-corrected chi connectivity index (χ1v) is 8.88. The Bertz CT molecular complexity index is 727. The molecule has 3 rings (SSSR count). The number of halogens is 2. The zero-order chi connectivity index (χ0) is 16.9. The molecule has 9 heteroatoms. The number of carbonyl (C=O) groups excluding carboxylic acids is 1. The van der Waals surface area contributed by atoms with Crippen LogP contribution in [-0.2, 0) is 11.2 Å². The number of aromatic nitrogens is 1. The summed E-state index contributed by atoms with van der Waals surface area (Å²) in [5.41, 5.74) is 1.75. The number of fused-ring (bicyclic) bond motifs is 1. The number of carbonyl (C=O) groups is 1. The number of ether oxygens (including phenoxy) is 2. The molecule has 1 aromatic heterocycles. The highest BCUT2D eigenvalue weighted by atomic mass is 35.5. The minimum atomic E-state index is -0.0118. The molecule has 0 bridgehead atoms. The molecule has 0 unspecified atom stereocenters. The van der Waals surface area contributed by atoms with Gasteiger partial charge in [0.05, 0.1) is 12.1 Å². The van der Waals surface area contributed by atoms with Crippen molar-refractivity contribution in [3.05, 3.63) is 29.3 Å². The average Bonchev–Trinajstić information content (AvgIpc) is 3.21. The number of hydrogen-bond acceptors (Lipinski definition) is 6. The van der Waals surface area contributed by atoms with Crippen molar-refractivity contribution >= 4 is 42.1 Å². The van der Waals surface area contributed by atoms with E-state index in [0.717, 1.165) is 34.3 Å². The van der Waals surface area contributed by atoms with Crippen molar-refractivity contribution in [2.24, 2.45) is 0 Å². The van der Waals surface area contributed by atoms with Gasteiger partial charge in [0.2, 0.25) is 12.7 Å². The third-order valence-corrected chi connectivity index (χ3v) is 4.61. The lowest BCUT2D eigenvalue weighted by atomic mass is 10.2. The lowest BCUT2D eigenvalue weighted by Crippen LogP contribution is -2.39. The minimum Gasteiger partial charge on any atom is -0.454 e. The van der Waals surface area contributed by atoms with Crippen LogP contribution < -0.4 is 20.1 Å². The van der Waals surface area contributed by atoms with Crippen molar-refractivity contribution in [3.8, 4) is 22.1 Å². The number of thiazole rings is 1. The fourth-order valence-corrected chi connectivity index (χ4v) is 3.28. The highest BCUT2D eigenvalue weighted by Crippen LogP contribution is 2.36. The summed E-state index contributed by atoms with van der Waals surface area (Å²) in [6.07, 6.45) is 0.292. The Labute approximate surface area is 169 Å². The molecule has 0 spiro atoms. The van der Waals surface area contributed by atoms with Crippen LogP contribution in [0.3, 0.4) is 0 Å². The minimum absolute atomic E-state index is 0. The van der Waals surface area contributed by atoms with Gasteiger partial charge in [0.1, 0.15) is 5.01 Å². The number of nitrogens with zero attached hydrogens (tertiary/aromatic N) is 1. The fraction of sp³-hybridized carbons (Fsp3) is 0.412. The molecule has 2 N–H and O–H groups in total. The van der Waals surface area contributed by atoms with Crippen LogP contribution in [0.1, 0.15) is 19.5 Å². The van der Waals surface area contributed by atoms with Gasteiger partial charge in [0.25, 0.3) is 0 Å². The first-order chi connectivity index (χ1) is 11.7. The van der Waals surface area contributed by atoms with Crippen LogP contribution in [-0.4, -0.2) is 36.8 Å².